The van der Waals surface area contributed by atoms with Gasteiger partial charge < -0.3 is 9.32 Å². The molecule has 2 heterocycles. The molecule has 2 aromatic heterocycles. The summed E-state index contributed by atoms with van der Waals surface area (Å²) >= 11 is 0. The summed E-state index contributed by atoms with van der Waals surface area (Å²) in [6.07, 6.45) is 0. The highest BCUT2D eigenvalue weighted by Gasteiger charge is 2.22. The van der Waals surface area contributed by atoms with Crippen LogP contribution in [0.2, 0.25) is 0 Å². The molecule has 0 N–H and O–H groups in total. The van der Waals surface area contributed by atoms with Gasteiger partial charge in [0.1, 0.15) is 11.2 Å². The van der Waals surface area contributed by atoms with Crippen LogP contribution in [-0.4, -0.2) is 15.0 Å². The SMILES string of the molecule is c1ccc(-c2nc(-c3ccccc3)nc(-c3ccc(-c4ccc(N(c5ccccc5)c5ccccc5)cc4)c4c3oc3c5ccccc5ccc34)n2)cc1. The molecule has 0 amide bonds. The molecule has 254 valence electrons. The normalized spacial score (nSPS) is 11.3. The van der Waals surface area contributed by atoms with Crippen molar-refractivity contribution < 1.29 is 4.42 Å². The molecule has 10 aromatic rings. The molecule has 54 heavy (non-hydrogen) atoms. The Morgan fingerprint density at radius 3 is 1.44 bits per heavy atom. The van der Waals surface area contributed by atoms with Crippen LogP contribution in [0, 0.1) is 0 Å². The number of rotatable bonds is 7. The smallest absolute Gasteiger partial charge is 0.167 e. The van der Waals surface area contributed by atoms with Crippen molar-refractivity contribution in [3.63, 3.8) is 0 Å². The number of nitrogens with zero attached hydrogens (tertiary/aromatic N) is 4. The van der Waals surface area contributed by atoms with E-state index in [1.165, 1.54) is 0 Å². The molecule has 5 nitrogen and oxygen atoms in total. The van der Waals surface area contributed by atoms with Crippen molar-refractivity contribution in [2.75, 3.05) is 4.90 Å². The Hall–Kier alpha value is -7.37. The topological polar surface area (TPSA) is 55.1 Å². The monoisotopic (exact) mass is 692 g/mol. The number of hydrogen-bond acceptors (Lipinski definition) is 5. The summed E-state index contributed by atoms with van der Waals surface area (Å²) in [5.74, 6) is 1.77. The van der Waals surface area contributed by atoms with Crippen molar-refractivity contribution in [3.8, 4) is 45.3 Å². The number of hydrogen-bond donors (Lipinski definition) is 0. The van der Waals surface area contributed by atoms with E-state index in [0.29, 0.717) is 17.5 Å². The second-order valence-corrected chi connectivity index (χ2v) is 13.2. The molecule has 0 fully saturated rings. The Kier molecular flexibility index (Phi) is 7.73. The van der Waals surface area contributed by atoms with Crippen LogP contribution in [0.3, 0.4) is 0 Å². The van der Waals surface area contributed by atoms with Gasteiger partial charge in [0.2, 0.25) is 0 Å². The standard InChI is InChI=1S/C49H32N4O/c1-5-16-35(17-6-1)47-50-48(36-18-7-2-8-19-36)52-49(51-47)43-32-31-40(44-42-30-27-33-15-13-14-24-41(33)45(42)54-46(43)44)34-25-28-39(29-26-34)53(37-20-9-3-10-21-37)38-22-11-4-12-23-38/h1-32H. The average Bonchev–Trinajstić information content (AvgIpc) is 3.66. The molecule has 10 rings (SSSR count). The zero-order valence-electron chi connectivity index (χ0n) is 29.2. The molecule has 0 radical (unpaired) electrons. The second-order valence-electron chi connectivity index (χ2n) is 13.2. The lowest BCUT2D eigenvalue weighted by Gasteiger charge is -2.25. The Morgan fingerprint density at radius 2 is 0.833 bits per heavy atom. The lowest BCUT2D eigenvalue weighted by atomic mass is 9.95. The largest absolute Gasteiger partial charge is 0.455 e. The van der Waals surface area contributed by atoms with Crippen LogP contribution in [0.5, 0.6) is 0 Å². The minimum absolute atomic E-state index is 0.555. The van der Waals surface area contributed by atoms with Crippen LogP contribution >= 0.6 is 0 Å². The van der Waals surface area contributed by atoms with E-state index in [0.717, 1.165) is 77.6 Å². The van der Waals surface area contributed by atoms with Crippen LogP contribution in [0.1, 0.15) is 0 Å². The first-order valence-electron chi connectivity index (χ1n) is 18.0. The van der Waals surface area contributed by atoms with Crippen LogP contribution in [0.15, 0.2) is 199 Å². The quantitative estimate of drug-likeness (QED) is 0.166. The Morgan fingerprint density at radius 1 is 0.333 bits per heavy atom. The van der Waals surface area contributed by atoms with E-state index in [-0.39, 0.29) is 0 Å². The molecule has 0 aliphatic heterocycles. The maximum absolute atomic E-state index is 6.97. The van der Waals surface area contributed by atoms with Gasteiger partial charge in [0.15, 0.2) is 17.5 Å². The number of furan rings is 1. The van der Waals surface area contributed by atoms with Crippen LogP contribution in [0.25, 0.3) is 78.0 Å². The summed E-state index contributed by atoms with van der Waals surface area (Å²) in [5.41, 5.74) is 9.63. The summed E-state index contributed by atoms with van der Waals surface area (Å²) in [6.45, 7) is 0. The van der Waals surface area contributed by atoms with Gasteiger partial charge in [-0.15, -0.1) is 0 Å². The van der Waals surface area contributed by atoms with E-state index in [9.17, 15) is 0 Å². The third-order valence-corrected chi connectivity index (χ3v) is 9.92. The van der Waals surface area contributed by atoms with Crippen LogP contribution in [0.4, 0.5) is 17.1 Å². The van der Waals surface area contributed by atoms with Gasteiger partial charge in [-0.2, -0.15) is 0 Å². The van der Waals surface area contributed by atoms with Gasteiger partial charge in [-0.05, 0) is 65.0 Å². The van der Waals surface area contributed by atoms with Crippen molar-refractivity contribution in [1.82, 2.24) is 15.0 Å². The number of benzene rings is 8. The molecule has 0 bridgehead atoms. The van der Waals surface area contributed by atoms with Gasteiger partial charge >= 0.3 is 0 Å². The summed E-state index contributed by atoms with van der Waals surface area (Å²) < 4.78 is 6.97. The summed E-state index contributed by atoms with van der Waals surface area (Å²) in [5, 5.41) is 4.24. The summed E-state index contributed by atoms with van der Waals surface area (Å²) in [6, 6.07) is 66.8. The second kappa shape index (κ2) is 13.3. The van der Waals surface area contributed by atoms with Crippen molar-refractivity contribution in [3.05, 3.63) is 194 Å². The van der Waals surface area contributed by atoms with E-state index in [1.54, 1.807) is 0 Å². The third kappa shape index (κ3) is 5.56. The van der Waals surface area contributed by atoms with Gasteiger partial charge in [-0.25, -0.2) is 15.0 Å². The maximum Gasteiger partial charge on any atom is 0.167 e. The van der Waals surface area contributed by atoms with Gasteiger partial charge in [-0.3, -0.25) is 0 Å². The highest BCUT2D eigenvalue weighted by Crippen LogP contribution is 2.44. The van der Waals surface area contributed by atoms with Gasteiger partial charge in [0, 0.05) is 44.3 Å². The first-order valence-corrected chi connectivity index (χ1v) is 18.0. The first-order chi connectivity index (χ1) is 26.8. The molecule has 0 saturated heterocycles. The molecule has 0 aliphatic rings. The van der Waals surface area contributed by atoms with Crippen molar-refractivity contribution in [1.29, 1.82) is 0 Å². The zero-order valence-corrected chi connectivity index (χ0v) is 29.2. The fourth-order valence-corrected chi connectivity index (χ4v) is 7.35. The first kappa shape index (κ1) is 31.4. The number of aromatic nitrogens is 3. The van der Waals surface area contributed by atoms with Gasteiger partial charge in [0.25, 0.3) is 0 Å². The number of para-hydroxylation sites is 2. The predicted octanol–water partition coefficient (Wildman–Crippen LogP) is 13.1. The molecule has 0 aliphatic carbocycles. The number of fused-ring (bicyclic) bond motifs is 5. The Labute approximate surface area is 312 Å². The van der Waals surface area contributed by atoms with E-state index >= 15 is 0 Å². The molecular formula is C49H32N4O. The van der Waals surface area contributed by atoms with E-state index < -0.39 is 0 Å². The molecule has 0 atom stereocenters. The molecule has 8 aromatic carbocycles. The molecule has 0 spiro atoms. The van der Waals surface area contributed by atoms with E-state index in [1.807, 2.05) is 72.8 Å². The summed E-state index contributed by atoms with van der Waals surface area (Å²) in [4.78, 5) is 17.4. The minimum Gasteiger partial charge on any atom is -0.455 e. The molecular weight excluding hydrogens is 661 g/mol. The Balaban J connectivity index is 1.18. The van der Waals surface area contributed by atoms with Gasteiger partial charge in [-0.1, -0.05) is 146 Å². The molecule has 0 saturated carbocycles. The van der Waals surface area contributed by atoms with E-state index in [2.05, 4.69) is 126 Å². The van der Waals surface area contributed by atoms with Crippen LogP contribution < -0.4 is 4.90 Å². The predicted molar refractivity (Wildman–Crippen MR) is 221 cm³/mol. The van der Waals surface area contributed by atoms with E-state index in [4.69, 9.17) is 19.4 Å². The fourth-order valence-electron chi connectivity index (χ4n) is 7.35. The summed E-state index contributed by atoms with van der Waals surface area (Å²) in [7, 11) is 0. The highest BCUT2D eigenvalue weighted by molar-refractivity contribution is 6.21. The van der Waals surface area contributed by atoms with Crippen molar-refractivity contribution in [2.24, 2.45) is 0 Å². The van der Waals surface area contributed by atoms with Crippen molar-refractivity contribution >= 4 is 49.8 Å². The molecule has 5 heteroatoms. The minimum atomic E-state index is 0.555. The zero-order chi connectivity index (χ0) is 35.8. The molecule has 0 unspecified atom stereocenters. The number of anilines is 3. The lowest BCUT2D eigenvalue weighted by molar-refractivity contribution is 0.673. The maximum atomic E-state index is 6.97. The Bertz CT molecular complexity index is 2810. The van der Waals surface area contributed by atoms with Crippen LogP contribution in [-0.2, 0) is 0 Å². The van der Waals surface area contributed by atoms with Gasteiger partial charge in [0.05, 0.1) is 5.56 Å². The highest BCUT2D eigenvalue weighted by atomic mass is 16.3. The lowest BCUT2D eigenvalue weighted by Crippen LogP contribution is -2.09. The fraction of sp³-hybridized carbons (Fsp3) is 0. The van der Waals surface area contributed by atoms with Crippen molar-refractivity contribution in [2.45, 2.75) is 0 Å². The average molecular weight is 693 g/mol. The third-order valence-electron chi connectivity index (χ3n) is 9.92.